The minimum absolute atomic E-state index is 0.00546. The second-order valence-corrected chi connectivity index (χ2v) is 5.23. The lowest BCUT2D eigenvalue weighted by molar-refractivity contribution is -0.198. The van der Waals surface area contributed by atoms with Crippen molar-refractivity contribution in [2.24, 2.45) is 0 Å². The predicted molar refractivity (Wildman–Crippen MR) is 70.3 cm³/mol. The SMILES string of the molecule is O=C1C=C(N2CC2)C(=O)C(N2CC2)=C1N1CC1.OC(O)O. The third kappa shape index (κ3) is 3.07. The number of aliphatic hydroxyl groups excluding tert-OH is 1. The molecule has 3 aliphatic heterocycles. The summed E-state index contributed by atoms with van der Waals surface area (Å²) in [7, 11) is 0. The maximum atomic E-state index is 12.4. The minimum Gasteiger partial charge on any atom is -0.365 e. The van der Waals surface area contributed by atoms with Gasteiger partial charge in [-0.15, -0.1) is 0 Å². The molecule has 8 heteroatoms. The third-order valence-electron chi connectivity index (χ3n) is 3.49. The van der Waals surface area contributed by atoms with Crippen LogP contribution in [0.2, 0.25) is 0 Å². The van der Waals surface area contributed by atoms with Crippen LogP contribution in [0.4, 0.5) is 0 Å². The van der Waals surface area contributed by atoms with Crippen molar-refractivity contribution in [3.63, 3.8) is 0 Å². The summed E-state index contributed by atoms with van der Waals surface area (Å²) in [6, 6.07) is 0. The monoisotopic (exact) mass is 295 g/mol. The zero-order valence-electron chi connectivity index (χ0n) is 11.4. The van der Waals surface area contributed by atoms with E-state index in [9.17, 15) is 9.59 Å². The number of Topliss-reactive ketones (excluding diaryl/α,β-unsaturated/α-hetero) is 1. The van der Waals surface area contributed by atoms with Crippen LogP contribution in [-0.2, 0) is 9.59 Å². The molecule has 0 aromatic rings. The zero-order valence-corrected chi connectivity index (χ0v) is 11.4. The molecule has 4 rings (SSSR count). The zero-order chi connectivity index (χ0) is 15.1. The third-order valence-corrected chi connectivity index (χ3v) is 3.49. The minimum atomic E-state index is -2.17. The molecule has 0 amide bonds. The van der Waals surface area contributed by atoms with Crippen LogP contribution in [0.15, 0.2) is 23.2 Å². The molecule has 0 unspecified atom stereocenters. The van der Waals surface area contributed by atoms with E-state index in [1.807, 2.05) is 14.7 Å². The Labute approximate surface area is 121 Å². The molecule has 8 nitrogen and oxygen atoms in total. The highest BCUT2D eigenvalue weighted by atomic mass is 16.6. The maximum Gasteiger partial charge on any atom is 0.263 e. The Bertz CT molecular complexity index is 539. The average molecular weight is 295 g/mol. The van der Waals surface area contributed by atoms with Crippen molar-refractivity contribution >= 4 is 11.6 Å². The molecule has 3 heterocycles. The Balaban J connectivity index is 0.000000298. The Kier molecular flexibility index (Phi) is 3.44. The second kappa shape index (κ2) is 5.14. The van der Waals surface area contributed by atoms with Gasteiger partial charge in [-0.25, -0.2) is 0 Å². The fraction of sp³-hybridized carbons (Fsp3) is 0.538. The molecule has 0 aromatic carbocycles. The number of nitrogens with zero attached hydrogens (tertiary/aromatic N) is 3. The van der Waals surface area contributed by atoms with Crippen LogP contribution < -0.4 is 0 Å². The van der Waals surface area contributed by atoms with Gasteiger partial charge in [0.15, 0.2) is 0 Å². The molecule has 4 aliphatic rings. The number of rotatable bonds is 3. The topological polar surface area (TPSA) is 104 Å². The van der Waals surface area contributed by atoms with E-state index >= 15 is 0 Å². The molecule has 114 valence electrons. The second-order valence-electron chi connectivity index (χ2n) is 5.23. The molecule has 3 fully saturated rings. The Morgan fingerprint density at radius 3 is 1.67 bits per heavy atom. The number of ketones is 2. The van der Waals surface area contributed by atoms with Crippen LogP contribution in [0.25, 0.3) is 0 Å². The fourth-order valence-corrected chi connectivity index (χ4v) is 2.28. The molecule has 3 saturated heterocycles. The summed E-state index contributed by atoms with van der Waals surface area (Å²) in [4.78, 5) is 30.5. The van der Waals surface area contributed by atoms with Crippen molar-refractivity contribution in [2.45, 2.75) is 6.48 Å². The van der Waals surface area contributed by atoms with Crippen molar-refractivity contribution in [3.05, 3.63) is 23.2 Å². The lowest BCUT2D eigenvalue weighted by atomic mass is 10.0. The van der Waals surface area contributed by atoms with E-state index in [0.29, 0.717) is 17.1 Å². The molecule has 0 spiro atoms. The van der Waals surface area contributed by atoms with Gasteiger partial charge in [-0.3, -0.25) is 9.59 Å². The number of carbonyl (C=O) groups excluding carboxylic acids is 2. The maximum absolute atomic E-state index is 12.4. The van der Waals surface area contributed by atoms with Crippen molar-refractivity contribution in [3.8, 4) is 0 Å². The van der Waals surface area contributed by atoms with Gasteiger partial charge in [0.2, 0.25) is 11.6 Å². The fourth-order valence-electron chi connectivity index (χ4n) is 2.28. The van der Waals surface area contributed by atoms with Gasteiger partial charge >= 0.3 is 0 Å². The number of allylic oxidation sites excluding steroid dienone is 1. The van der Waals surface area contributed by atoms with E-state index in [4.69, 9.17) is 15.3 Å². The van der Waals surface area contributed by atoms with E-state index in [1.165, 1.54) is 6.08 Å². The Morgan fingerprint density at radius 2 is 1.24 bits per heavy atom. The first kappa shape index (κ1) is 14.1. The van der Waals surface area contributed by atoms with Crippen molar-refractivity contribution < 1.29 is 24.9 Å². The largest absolute Gasteiger partial charge is 0.365 e. The van der Waals surface area contributed by atoms with Crippen molar-refractivity contribution in [2.75, 3.05) is 39.3 Å². The van der Waals surface area contributed by atoms with Gasteiger partial charge < -0.3 is 30.0 Å². The molecule has 21 heavy (non-hydrogen) atoms. The number of carbonyl (C=O) groups is 2. The summed E-state index contributed by atoms with van der Waals surface area (Å²) < 4.78 is 0. The van der Waals surface area contributed by atoms with E-state index in [-0.39, 0.29) is 11.6 Å². The number of aliphatic hydroxyl groups is 3. The van der Waals surface area contributed by atoms with Crippen LogP contribution in [0.5, 0.6) is 0 Å². The molecular formula is C13H17N3O5. The van der Waals surface area contributed by atoms with Crippen molar-refractivity contribution in [1.82, 2.24) is 14.7 Å². The molecule has 0 radical (unpaired) electrons. The summed E-state index contributed by atoms with van der Waals surface area (Å²) in [5, 5.41) is 21.5. The quantitative estimate of drug-likeness (QED) is 0.296. The van der Waals surface area contributed by atoms with E-state index in [2.05, 4.69) is 0 Å². The van der Waals surface area contributed by atoms with E-state index in [0.717, 1.165) is 39.3 Å². The highest BCUT2D eigenvalue weighted by Crippen LogP contribution is 2.33. The molecule has 0 saturated carbocycles. The summed E-state index contributed by atoms with van der Waals surface area (Å²) in [6.45, 7) is 3.24. The normalized spacial score (nSPS) is 23.2. The highest BCUT2D eigenvalue weighted by molar-refractivity contribution is 6.22. The standard InChI is InChI=1S/C12H13N3O2.CH4O3/c16-9-7-8(13-1-2-13)12(17)11(15-5-6-15)10(9)14-3-4-14;2-1(3)4/h7H,1-6H2;1-4H. The van der Waals surface area contributed by atoms with Gasteiger partial charge in [0, 0.05) is 45.3 Å². The van der Waals surface area contributed by atoms with Gasteiger partial charge in [-0.2, -0.15) is 0 Å². The smallest absolute Gasteiger partial charge is 0.263 e. The van der Waals surface area contributed by atoms with E-state index in [1.54, 1.807) is 0 Å². The highest BCUT2D eigenvalue weighted by Gasteiger charge is 2.43. The van der Waals surface area contributed by atoms with Gasteiger partial charge in [0.25, 0.3) is 6.48 Å². The molecular weight excluding hydrogens is 278 g/mol. The van der Waals surface area contributed by atoms with Gasteiger partial charge in [-0.1, -0.05) is 0 Å². The summed E-state index contributed by atoms with van der Waals surface area (Å²) >= 11 is 0. The summed E-state index contributed by atoms with van der Waals surface area (Å²) in [5.41, 5.74) is 1.89. The molecule has 0 aromatic heterocycles. The van der Waals surface area contributed by atoms with Crippen LogP contribution in [0.3, 0.4) is 0 Å². The first-order valence-corrected chi connectivity index (χ1v) is 6.83. The summed E-state index contributed by atoms with van der Waals surface area (Å²) in [5.74, 6) is 0.0485. The predicted octanol–water partition coefficient (Wildman–Crippen LogP) is -2.57. The van der Waals surface area contributed by atoms with Crippen LogP contribution in [0.1, 0.15) is 0 Å². The molecule has 0 atom stereocenters. The number of hydrogen-bond acceptors (Lipinski definition) is 8. The van der Waals surface area contributed by atoms with Gasteiger partial charge in [0.1, 0.15) is 11.4 Å². The van der Waals surface area contributed by atoms with Crippen LogP contribution in [0, 0.1) is 0 Å². The first-order valence-electron chi connectivity index (χ1n) is 6.83. The van der Waals surface area contributed by atoms with E-state index < -0.39 is 6.48 Å². The first-order chi connectivity index (χ1) is 9.99. The Morgan fingerprint density at radius 1 is 0.810 bits per heavy atom. The van der Waals surface area contributed by atoms with Crippen molar-refractivity contribution in [1.29, 1.82) is 0 Å². The lowest BCUT2D eigenvalue weighted by Crippen LogP contribution is -2.29. The van der Waals surface area contributed by atoms with Crippen LogP contribution in [-0.4, -0.2) is 87.3 Å². The molecule has 1 aliphatic carbocycles. The lowest BCUT2D eigenvalue weighted by Gasteiger charge is -2.21. The van der Waals surface area contributed by atoms with Crippen LogP contribution >= 0.6 is 0 Å². The molecule has 3 N–H and O–H groups in total. The van der Waals surface area contributed by atoms with Gasteiger partial charge in [0.05, 0.1) is 5.70 Å². The molecule has 0 bridgehead atoms. The number of hydrogen-bond donors (Lipinski definition) is 3. The summed E-state index contributed by atoms with van der Waals surface area (Å²) in [6.07, 6.45) is 1.52. The van der Waals surface area contributed by atoms with Gasteiger partial charge in [-0.05, 0) is 0 Å². The average Bonchev–Trinajstić information content (AvgIpc) is 3.26. The Hall–Kier alpha value is -1.90.